The van der Waals surface area contributed by atoms with Gasteiger partial charge >= 0.3 is 0 Å². The highest BCUT2D eigenvalue weighted by Gasteiger charge is 2.25. The van der Waals surface area contributed by atoms with Crippen LogP contribution in [0.4, 0.5) is 0 Å². The fourth-order valence-corrected chi connectivity index (χ4v) is 2.77. The van der Waals surface area contributed by atoms with Gasteiger partial charge in [-0.3, -0.25) is 4.79 Å². The molecule has 126 valence electrons. The largest absolute Gasteiger partial charge is 0.497 e. The Morgan fingerprint density at radius 1 is 1.30 bits per heavy atom. The van der Waals surface area contributed by atoms with Crippen molar-refractivity contribution in [3.05, 3.63) is 36.4 Å². The van der Waals surface area contributed by atoms with Crippen molar-refractivity contribution in [1.82, 2.24) is 4.90 Å². The highest BCUT2D eigenvalue weighted by Crippen LogP contribution is 2.27. The molecule has 1 aliphatic heterocycles. The van der Waals surface area contributed by atoms with Crippen molar-refractivity contribution in [2.75, 3.05) is 40.5 Å². The predicted molar refractivity (Wildman–Crippen MR) is 89.2 cm³/mol. The first-order valence-electron chi connectivity index (χ1n) is 7.89. The number of hydrogen-bond donors (Lipinski definition) is 0. The number of carbonyl (C=O) groups is 1. The number of rotatable bonds is 7. The van der Waals surface area contributed by atoms with Crippen molar-refractivity contribution in [2.45, 2.75) is 12.8 Å². The number of piperidine rings is 1. The van der Waals surface area contributed by atoms with Gasteiger partial charge in [0.1, 0.15) is 11.5 Å². The molecule has 0 atom stereocenters. The summed E-state index contributed by atoms with van der Waals surface area (Å²) in [5, 5.41) is 0. The van der Waals surface area contributed by atoms with Gasteiger partial charge in [-0.25, -0.2) is 0 Å². The lowest BCUT2D eigenvalue weighted by Gasteiger charge is -2.32. The van der Waals surface area contributed by atoms with Crippen LogP contribution < -0.4 is 9.47 Å². The summed E-state index contributed by atoms with van der Waals surface area (Å²) in [6.07, 6.45) is 3.68. The molecule has 1 saturated heterocycles. The summed E-state index contributed by atoms with van der Waals surface area (Å²) >= 11 is 0. The van der Waals surface area contributed by atoms with Gasteiger partial charge < -0.3 is 19.1 Å². The molecule has 23 heavy (non-hydrogen) atoms. The van der Waals surface area contributed by atoms with Crippen LogP contribution in [0.5, 0.6) is 11.5 Å². The van der Waals surface area contributed by atoms with Crippen LogP contribution >= 0.6 is 0 Å². The molecule has 1 heterocycles. The summed E-state index contributed by atoms with van der Waals surface area (Å²) in [7, 11) is 3.16. The van der Waals surface area contributed by atoms with Crippen LogP contribution in [0.2, 0.25) is 0 Å². The third-order valence-corrected chi connectivity index (χ3v) is 4.13. The van der Waals surface area contributed by atoms with Crippen LogP contribution in [-0.4, -0.2) is 51.3 Å². The Labute approximate surface area is 137 Å². The Kier molecular flexibility index (Phi) is 6.47. The second-order valence-electron chi connectivity index (χ2n) is 5.63. The lowest BCUT2D eigenvalue weighted by atomic mass is 9.97. The molecule has 0 radical (unpaired) electrons. The topological polar surface area (TPSA) is 48.0 Å². The normalized spacial score (nSPS) is 15.3. The molecule has 1 fully saturated rings. The van der Waals surface area contributed by atoms with Crippen molar-refractivity contribution in [3.8, 4) is 11.5 Å². The molecule has 0 N–H and O–H groups in total. The van der Waals surface area contributed by atoms with E-state index in [1.54, 1.807) is 38.5 Å². The summed E-state index contributed by atoms with van der Waals surface area (Å²) < 4.78 is 16.0. The smallest absolute Gasteiger partial charge is 0.257 e. The number of nitrogens with zero attached hydrogens (tertiary/aromatic N) is 1. The summed E-state index contributed by atoms with van der Waals surface area (Å²) in [6, 6.07) is 5.29. The highest BCUT2D eigenvalue weighted by molar-refractivity contribution is 5.97. The Balaban J connectivity index is 1.95. The predicted octanol–water partition coefficient (Wildman–Crippen LogP) is 2.76. The number of likely N-dealkylation sites (tertiary alicyclic amines) is 1. The molecule has 0 saturated carbocycles. The Hall–Kier alpha value is -2.01. The lowest BCUT2D eigenvalue weighted by molar-refractivity contribution is 0.0573. The van der Waals surface area contributed by atoms with E-state index in [0.29, 0.717) is 29.6 Å². The fraction of sp³-hybridized carbons (Fsp3) is 0.500. The Morgan fingerprint density at radius 2 is 2.04 bits per heavy atom. The molecule has 2 rings (SSSR count). The van der Waals surface area contributed by atoms with Gasteiger partial charge in [-0.2, -0.15) is 0 Å². The maximum Gasteiger partial charge on any atom is 0.257 e. The van der Waals surface area contributed by atoms with Crippen molar-refractivity contribution < 1.29 is 19.0 Å². The molecule has 1 aromatic carbocycles. The van der Waals surface area contributed by atoms with E-state index in [-0.39, 0.29) is 5.91 Å². The van der Waals surface area contributed by atoms with Crippen LogP contribution in [0, 0.1) is 5.92 Å². The first-order chi connectivity index (χ1) is 11.2. The average molecular weight is 319 g/mol. The molecule has 1 aromatic rings. The number of methoxy groups -OCH3 is 2. The van der Waals surface area contributed by atoms with E-state index in [9.17, 15) is 4.79 Å². The van der Waals surface area contributed by atoms with Crippen molar-refractivity contribution >= 4 is 5.91 Å². The average Bonchev–Trinajstić information content (AvgIpc) is 2.61. The van der Waals surface area contributed by atoms with E-state index < -0.39 is 0 Å². The zero-order valence-corrected chi connectivity index (χ0v) is 13.9. The van der Waals surface area contributed by atoms with Gasteiger partial charge in [0, 0.05) is 25.8 Å². The minimum atomic E-state index is 0.00922. The fourth-order valence-electron chi connectivity index (χ4n) is 2.77. The molecule has 5 heteroatoms. The first-order valence-corrected chi connectivity index (χ1v) is 7.89. The minimum Gasteiger partial charge on any atom is -0.497 e. The van der Waals surface area contributed by atoms with Crippen molar-refractivity contribution in [2.24, 2.45) is 5.92 Å². The number of amides is 1. The van der Waals surface area contributed by atoms with E-state index in [1.165, 1.54) is 0 Å². The van der Waals surface area contributed by atoms with Gasteiger partial charge in [-0.05, 0) is 30.9 Å². The molecule has 1 amide bonds. The van der Waals surface area contributed by atoms with E-state index in [0.717, 1.165) is 32.5 Å². The molecule has 0 bridgehead atoms. The van der Waals surface area contributed by atoms with Gasteiger partial charge in [-0.1, -0.05) is 6.08 Å². The number of benzene rings is 1. The monoisotopic (exact) mass is 319 g/mol. The van der Waals surface area contributed by atoms with Crippen LogP contribution in [0.15, 0.2) is 30.9 Å². The molecule has 1 aliphatic rings. The molecular weight excluding hydrogens is 294 g/mol. The van der Waals surface area contributed by atoms with Gasteiger partial charge in [0.05, 0.1) is 26.4 Å². The highest BCUT2D eigenvalue weighted by atomic mass is 16.5. The van der Waals surface area contributed by atoms with E-state index >= 15 is 0 Å². The van der Waals surface area contributed by atoms with Crippen LogP contribution in [-0.2, 0) is 4.74 Å². The summed E-state index contributed by atoms with van der Waals surface area (Å²) in [5.41, 5.74) is 0.578. The summed E-state index contributed by atoms with van der Waals surface area (Å²) in [6.45, 7) is 6.46. The third kappa shape index (κ3) is 4.48. The van der Waals surface area contributed by atoms with Crippen LogP contribution in [0.3, 0.4) is 0 Å². The van der Waals surface area contributed by atoms with Crippen LogP contribution in [0.1, 0.15) is 23.2 Å². The first kappa shape index (κ1) is 17.3. The molecular formula is C18H25NO4. The Morgan fingerprint density at radius 3 is 2.65 bits per heavy atom. The SMILES string of the molecule is C=CCOCC1CCN(C(=O)c2ccc(OC)cc2OC)CC1. The third-order valence-electron chi connectivity index (χ3n) is 4.13. The summed E-state index contributed by atoms with van der Waals surface area (Å²) in [4.78, 5) is 14.6. The van der Waals surface area contributed by atoms with E-state index in [4.69, 9.17) is 14.2 Å². The zero-order chi connectivity index (χ0) is 16.7. The molecule has 0 spiro atoms. The van der Waals surface area contributed by atoms with Crippen molar-refractivity contribution in [3.63, 3.8) is 0 Å². The van der Waals surface area contributed by atoms with E-state index in [2.05, 4.69) is 6.58 Å². The maximum atomic E-state index is 12.7. The molecule has 5 nitrogen and oxygen atoms in total. The number of ether oxygens (including phenoxy) is 3. The second-order valence-corrected chi connectivity index (χ2v) is 5.63. The van der Waals surface area contributed by atoms with Crippen molar-refractivity contribution in [1.29, 1.82) is 0 Å². The number of carbonyl (C=O) groups excluding carboxylic acids is 1. The maximum absolute atomic E-state index is 12.7. The van der Waals surface area contributed by atoms with Gasteiger partial charge in [0.15, 0.2) is 0 Å². The van der Waals surface area contributed by atoms with Gasteiger partial charge in [-0.15, -0.1) is 6.58 Å². The molecule has 0 aromatic heterocycles. The van der Waals surface area contributed by atoms with E-state index in [1.807, 2.05) is 4.90 Å². The molecule has 0 aliphatic carbocycles. The number of hydrogen-bond acceptors (Lipinski definition) is 4. The van der Waals surface area contributed by atoms with Crippen LogP contribution in [0.25, 0.3) is 0 Å². The molecule has 0 unspecified atom stereocenters. The van der Waals surface area contributed by atoms with Gasteiger partial charge in [0.2, 0.25) is 0 Å². The Bertz CT molecular complexity index is 536. The standard InChI is InChI=1S/C18H25NO4/c1-4-11-23-13-14-7-9-19(10-8-14)18(20)16-6-5-15(21-2)12-17(16)22-3/h4-6,12,14H,1,7-11,13H2,2-3H3. The quantitative estimate of drug-likeness (QED) is 0.573. The lowest BCUT2D eigenvalue weighted by Crippen LogP contribution is -2.39. The second kappa shape index (κ2) is 8.58. The van der Waals surface area contributed by atoms with Gasteiger partial charge in [0.25, 0.3) is 5.91 Å². The minimum absolute atomic E-state index is 0.00922. The zero-order valence-electron chi connectivity index (χ0n) is 13.9. The summed E-state index contributed by atoms with van der Waals surface area (Å²) in [5.74, 6) is 1.74.